The van der Waals surface area contributed by atoms with Crippen LogP contribution in [0.2, 0.25) is 0 Å². The summed E-state index contributed by atoms with van der Waals surface area (Å²) < 4.78 is 0. The van der Waals surface area contributed by atoms with E-state index in [1.807, 2.05) is 48.6 Å². The minimum Gasteiger partial charge on any atom is -0.321 e. The summed E-state index contributed by atoms with van der Waals surface area (Å²) in [6, 6.07) is 28.2. The molecule has 2 N–H and O–H groups in total. The summed E-state index contributed by atoms with van der Waals surface area (Å²) in [5.41, 5.74) is 22.6. The number of rotatable bonds is 10. The molecule has 0 amide bonds. The highest BCUT2D eigenvalue weighted by atomic mass is 14.7. The standard InChI is InChI=1S/C51H48N2/c1-4-6-8-15-23-42-24-16-9-10-19-33-51(42)46-34-40(37-27-29-39(30-28-37)49(53-3)36-48(52)38-20-13-11-14-21-38)31-32-45(46)50-44-26-18-17-25-43(44)41(35-47(50)51)22-12-7-5-2/h4-16,19-24,27-32,34-36,48H,1,3,17-18,25-26,33,52H2,2H3/b7-5-,8-6-,16-9-,19-10-,22-12-,23-15-,42-24-,49-36-. The van der Waals surface area contributed by atoms with Crippen molar-refractivity contribution in [2.75, 3.05) is 0 Å². The molecule has 2 unspecified atom stereocenters. The van der Waals surface area contributed by atoms with Gasteiger partial charge in [0.25, 0.3) is 0 Å². The number of hydrogen-bond donors (Lipinski definition) is 1. The van der Waals surface area contributed by atoms with Crippen molar-refractivity contribution in [2.45, 2.75) is 50.5 Å². The van der Waals surface area contributed by atoms with Gasteiger partial charge >= 0.3 is 0 Å². The Labute approximate surface area is 315 Å². The maximum atomic E-state index is 6.55. The minimum atomic E-state index is -0.369. The van der Waals surface area contributed by atoms with Crippen LogP contribution in [0.5, 0.6) is 0 Å². The number of allylic oxidation sites excluding steroid dienone is 14. The van der Waals surface area contributed by atoms with Gasteiger partial charge in [0.05, 0.1) is 11.7 Å². The summed E-state index contributed by atoms with van der Waals surface area (Å²) in [5.74, 6) is 0. The van der Waals surface area contributed by atoms with Gasteiger partial charge in [-0.25, -0.2) is 0 Å². The largest absolute Gasteiger partial charge is 0.321 e. The van der Waals surface area contributed by atoms with E-state index in [9.17, 15) is 0 Å². The summed E-state index contributed by atoms with van der Waals surface area (Å²) in [6.45, 7) is 9.83. The van der Waals surface area contributed by atoms with Gasteiger partial charge in [-0.2, -0.15) is 0 Å². The minimum absolute atomic E-state index is 0.271. The maximum absolute atomic E-state index is 6.55. The number of nitrogens with two attached hydrogens (primary N) is 1. The van der Waals surface area contributed by atoms with Crippen LogP contribution in [0.3, 0.4) is 0 Å². The van der Waals surface area contributed by atoms with Gasteiger partial charge in [0.1, 0.15) is 0 Å². The quantitative estimate of drug-likeness (QED) is 0.131. The number of fused-ring (bicyclic) bond motifs is 7. The average Bonchev–Trinajstić information content (AvgIpc) is 3.48. The van der Waals surface area contributed by atoms with E-state index in [4.69, 9.17) is 5.73 Å². The van der Waals surface area contributed by atoms with E-state index in [1.165, 1.54) is 62.9 Å². The Kier molecular flexibility index (Phi) is 10.9. The monoisotopic (exact) mass is 688 g/mol. The van der Waals surface area contributed by atoms with Crippen LogP contribution in [0, 0.1) is 0 Å². The molecule has 4 aromatic carbocycles. The van der Waals surface area contributed by atoms with Gasteiger partial charge in [-0.1, -0.05) is 158 Å². The normalized spacial score (nSPS) is 20.9. The van der Waals surface area contributed by atoms with Crippen molar-refractivity contribution in [1.82, 2.24) is 0 Å². The molecule has 3 aliphatic carbocycles. The SMILES string of the molecule is C=C\C=C/C=C\C1=C\C=C/C=C\CC12c1cc(-c3ccc(/C(=C/C(N)c4ccccc4)N=C)cc3)ccc1-c1c2cc(/C=C\C=C/C)c2c1CCCC2. The third kappa shape index (κ3) is 7.03. The van der Waals surface area contributed by atoms with E-state index in [-0.39, 0.29) is 11.5 Å². The Bertz CT molecular complexity index is 2250. The Morgan fingerprint density at radius 2 is 1.57 bits per heavy atom. The highest BCUT2D eigenvalue weighted by molar-refractivity contribution is 5.90. The van der Waals surface area contributed by atoms with Gasteiger partial charge in [-0.05, 0) is 131 Å². The third-order valence-electron chi connectivity index (χ3n) is 10.9. The summed E-state index contributed by atoms with van der Waals surface area (Å²) in [5, 5.41) is 0. The number of benzene rings is 4. The molecule has 0 radical (unpaired) electrons. The molecule has 0 saturated carbocycles. The molecular weight excluding hydrogens is 641 g/mol. The van der Waals surface area contributed by atoms with Crippen LogP contribution in [-0.4, -0.2) is 6.72 Å². The molecular formula is C51H48N2. The number of hydrogen-bond acceptors (Lipinski definition) is 2. The molecule has 1 spiro atoms. The summed E-state index contributed by atoms with van der Waals surface area (Å²) in [6.07, 6.45) is 37.8. The van der Waals surface area contributed by atoms with Crippen LogP contribution in [-0.2, 0) is 18.3 Å². The molecule has 0 heterocycles. The highest BCUT2D eigenvalue weighted by Gasteiger charge is 2.46. The van der Waals surface area contributed by atoms with Crippen molar-refractivity contribution in [3.05, 3.63) is 215 Å². The van der Waals surface area contributed by atoms with Gasteiger partial charge in [-0.3, -0.25) is 4.99 Å². The number of aliphatic imine (C=N–C) groups is 1. The molecule has 2 nitrogen and oxygen atoms in total. The lowest BCUT2D eigenvalue weighted by molar-refractivity contribution is 0.638. The van der Waals surface area contributed by atoms with E-state index in [1.54, 1.807) is 0 Å². The van der Waals surface area contributed by atoms with Crippen molar-refractivity contribution < 1.29 is 0 Å². The lowest BCUT2D eigenvalue weighted by Crippen LogP contribution is -2.27. The van der Waals surface area contributed by atoms with Crippen molar-refractivity contribution in [3.8, 4) is 22.3 Å². The topological polar surface area (TPSA) is 38.4 Å². The zero-order chi connectivity index (χ0) is 36.6. The van der Waals surface area contributed by atoms with Crippen LogP contribution >= 0.6 is 0 Å². The Hall–Kier alpha value is -5.83. The summed E-state index contributed by atoms with van der Waals surface area (Å²) in [4.78, 5) is 4.37. The molecule has 2 atom stereocenters. The molecule has 0 aliphatic heterocycles. The van der Waals surface area contributed by atoms with Crippen LogP contribution in [0.4, 0.5) is 0 Å². The first-order valence-corrected chi connectivity index (χ1v) is 18.8. The first-order chi connectivity index (χ1) is 26.1. The molecule has 2 heteroatoms. The van der Waals surface area contributed by atoms with E-state index < -0.39 is 0 Å². The van der Waals surface area contributed by atoms with E-state index >= 15 is 0 Å². The zero-order valence-electron chi connectivity index (χ0n) is 30.7. The Balaban J connectivity index is 1.39. The van der Waals surface area contributed by atoms with E-state index in [0.717, 1.165) is 41.6 Å². The van der Waals surface area contributed by atoms with Crippen LogP contribution in [0.25, 0.3) is 34.0 Å². The van der Waals surface area contributed by atoms with Crippen molar-refractivity contribution in [1.29, 1.82) is 0 Å². The summed E-state index contributed by atoms with van der Waals surface area (Å²) in [7, 11) is 0. The van der Waals surface area contributed by atoms with Gasteiger partial charge in [0.15, 0.2) is 0 Å². The van der Waals surface area contributed by atoms with Crippen LogP contribution in [0.1, 0.15) is 71.2 Å². The van der Waals surface area contributed by atoms with Gasteiger partial charge < -0.3 is 5.73 Å². The fraction of sp³-hybridized carbons (Fsp3) is 0.157. The number of nitrogens with zero attached hydrogens (tertiary/aromatic N) is 1. The molecule has 7 rings (SSSR count). The highest BCUT2D eigenvalue weighted by Crippen LogP contribution is 2.58. The second-order valence-corrected chi connectivity index (χ2v) is 13.9. The van der Waals surface area contributed by atoms with Crippen molar-refractivity contribution in [2.24, 2.45) is 10.7 Å². The Morgan fingerprint density at radius 3 is 2.34 bits per heavy atom. The smallest absolute Gasteiger partial charge is 0.0673 e. The maximum Gasteiger partial charge on any atom is 0.0673 e. The molecule has 3 aliphatic rings. The molecule has 4 aromatic rings. The zero-order valence-corrected chi connectivity index (χ0v) is 30.7. The molecule has 262 valence electrons. The van der Waals surface area contributed by atoms with Crippen LogP contribution < -0.4 is 5.73 Å². The third-order valence-corrected chi connectivity index (χ3v) is 10.9. The first-order valence-electron chi connectivity index (χ1n) is 18.8. The van der Waals surface area contributed by atoms with Gasteiger partial charge in [0, 0.05) is 5.41 Å². The lowest BCUT2D eigenvalue weighted by atomic mass is 9.67. The molecule has 0 saturated heterocycles. The van der Waals surface area contributed by atoms with Crippen LogP contribution in [0.15, 0.2) is 181 Å². The average molecular weight is 689 g/mol. The van der Waals surface area contributed by atoms with Gasteiger partial charge in [0.2, 0.25) is 0 Å². The molecule has 0 bridgehead atoms. The predicted molar refractivity (Wildman–Crippen MR) is 229 cm³/mol. The Morgan fingerprint density at radius 1 is 0.792 bits per heavy atom. The fourth-order valence-electron chi connectivity index (χ4n) is 8.33. The second-order valence-electron chi connectivity index (χ2n) is 13.9. The van der Waals surface area contributed by atoms with Crippen molar-refractivity contribution >= 4 is 18.5 Å². The molecule has 0 aromatic heterocycles. The molecule has 0 fully saturated rings. The fourth-order valence-corrected chi connectivity index (χ4v) is 8.33. The first kappa shape index (κ1) is 35.6. The van der Waals surface area contributed by atoms with Gasteiger partial charge in [-0.15, -0.1) is 0 Å². The van der Waals surface area contributed by atoms with E-state index in [2.05, 4.69) is 147 Å². The summed E-state index contributed by atoms with van der Waals surface area (Å²) >= 11 is 0. The van der Waals surface area contributed by atoms with E-state index in [0.29, 0.717) is 0 Å². The predicted octanol–water partition coefficient (Wildman–Crippen LogP) is 12.6. The lowest BCUT2D eigenvalue weighted by Gasteiger charge is -2.35. The van der Waals surface area contributed by atoms with Crippen molar-refractivity contribution in [3.63, 3.8) is 0 Å². The second kappa shape index (κ2) is 16.2. The molecule has 53 heavy (non-hydrogen) atoms.